The van der Waals surface area contributed by atoms with Crippen LogP contribution in [0.3, 0.4) is 0 Å². The molecule has 0 bridgehead atoms. The summed E-state index contributed by atoms with van der Waals surface area (Å²) in [7, 11) is 0. The second kappa shape index (κ2) is 10.3. The van der Waals surface area contributed by atoms with E-state index in [1.54, 1.807) is 29.2 Å². The van der Waals surface area contributed by atoms with Crippen molar-refractivity contribution in [3.05, 3.63) is 59.2 Å². The van der Waals surface area contributed by atoms with E-state index < -0.39 is 12.1 Å². The fourth-order valence-electron chi connectivity index (χ4n) is 3.34. The number of amides is 4. The third-order valence-electron chi connectivity index (χ3n) is 4.91. The number of aryl methyl sites for hydroxylation is 1. The molecule has 2 aromatic rings. The molecule has 0 spiro atoms. The van der Waals surface area contributed by atoms with Crippen LogP contribution in [0.1, 0.15) is 36.5 Å². The molecule has 8 nitrogen and oxygen atoms in total. The standard InChI is InChI=1S/C23H26N4O4S/c1-14(2)18-9-4-15(3)12-19(18)27-20(28)13-32-22(27)26-21(29)24-11-10-16-5-7-17(8-6-16)25-23(30)31/h4-9,12,14,25H,10-11,13H2,1-3H3,(H,24,29)(H,30,31). The maximum absolute atomic E-state index is 12.6. The fourth-order valence-corrected chi connectivity index (χ4v) is 4.19. The summed E-state index contributed by atoms with van der Waals surface area (Å²) in [5.74, 6) is 0.370. The Morgan fingerprint density at radius 1 is 1.19 bits per heavy atom. The molecular formula is C23H26N4O4S. The van der Waals surface area contributed by atoms with Crippen LogP contribution in [0, 0.1) is 6.92 Å². The van der Waals surface area contributed by atoms with Gasteiger partial charge in [-0.3, -0.25) is 15.0 Å². The molecule has 1 aliphatic rings. The molecule has 32 heavy (non-hydrogen) atoms. The SMILES string of the molecule is Cc1ccc(C(C)C)c(N2C(=O)CSC2=NC(=O)NCCc2ccc(NC(=O)O)cc2)c1. The van der Waals surface area contributed by atoms with Crippen molar-refractivity contribution < 1.29 is 19.5 Å². The molecule has 0 aromatic heterocycles. The van der Waals surface area contributed by atoms with Crippen molar-refractivity contribution in [2.24, 2.45) is 4.99 Å². The first-order chi connectivity index (χ1) is 15.2. The number of thioether (sulfide) groups is 1. The van der Waals surface area contributed by atoms with Gasteiger partial charge in [0.05, 0.1) is 11.4 Å². The van der Waals surface area contributed by atoms with E-state index in [1.807, 2.05) is 25.1 Å². The maximum atomic E-state index is 12.6. The molecular weight excluding hydrogens is 428 g/mol. The third-order valence-corrected chi connectivity index (χ3v) is 5.83. The summed E-state index contributed by atoms with van der Waals surface area (Å²) >= 11 is 1.25. The molecule has 1 saturated heterocycles. The molecule has 168 valence electrons. The Bertz CT molecular complexity index is 1050. The van der Waals surface area contributed by atoms with Gasteiger partial charge in [-0.1, -0.05) is 49.9 Å². The van der Waals surface area contributed by atoms with Crippen molar-refractivity contribution in [3.8, 4) is 0 Å². The average molecular weight is 455 g/mol. The Morgan fingerprint density at radius 3 is 2.56 bits per heavy atom. The predicted molar refractivity (Wildman–Crippen MR) is 128 cm³/mol. The number of amidine groups is 1. The molecule has 0 unspecified atom stereocenters. The first-order valence-electron chi connectivity index (χ1n) is 10.3. The van der Waals surface area contributed by atoms with E-state index in [0.29, 0.717) is 23.8 Å². The summed E-state index contributed by atoms with van der Waals surface area (Å²) in [6, 6.07) is 12.4. The Balaban J connectivity index is 1.65. The number of carbonyl (C=O) groups is 3. The van der Waals surface area contributed by atoms with Crippen LogP contribution >= 0.6 is 11.8 Å². The number of carboxylic acid groups (broad SMARTS) is 1. The van der Waals surface area contributed by atoms with Gasteiger partial charge < -0.3 is 10.4 Å². The highest BCUT2D eigenvalue weighted by molar-refractivity contribution is 8.15. The molecule has 0 atom stereocenters. The van der Waals surface area contributed by atoms with Crippen molar-refractivity contribution in [3.63, 3.8) is 0 Å². The lowest BCUT2D eigenvalue weighted by molar-refractivity contribution is -0.115. The summed E-state index contributed by atoms with van der Waals surface area (Å²) in [5.41, 5.74) is 4.26. The van der Waals surface area contributed by atoms with Crippen LogP contribution in [0.15, 0.2) is 47.5 Å². The lowest BCUT2D eigenvalue weighted by Gasteiger charge is -2.22. The van der Waals surface area contributed by atoms with Crippen molar-refractivity contribution in [2.45, 2.75) is 33.1 Å². The van der Waals surface area contributed by atoms with Gasteiger partial charge in [0, 0.05) is 12.2 Å². The number of hydrogen-bond acceptors (Lipinski definition) is 4. The number of benzene rings is 2. The summed E-state index contributed by atoms with van der Waals surface area (Å²) in [6.07, 6.45) is -0.553. The number of nitrogens with zero attached hydrogens (tertiary/aromatic N) is 2. The minimum Gasteiger partial charge on any atom is -0.465 e. The Hall–Kier alpha value is -3.33. The summed E-state index contributed by atoms with van der Waals surface area (Å²) in [4.78, 5) is 41.3. The molecule has 2 aromatic carbocycles. The van der Waals surface area contributed by atoms with Gasteiger partial charge in [-0.2, -0.15) is 4.99 Å². The van der Waals surface area contributed by atoms with Crippen LogP contribution in [0.4, 0.5) is 21.0 Å². The van der Waals surface area contributed by atoms with E-state index in [2.05, 4.69) is 29.5 Å². The fraction of sp³-hybridized carbons (Fsp3) is 0.304. The molecule has 3 N–H and O–H groups in total. The van der Waals surface area contributed by atoms with Crippen LogP contribution < -0.4 is 15.5 Å². The van der Waals surface area contributed by atoms with Gasteiger partial charge in [0.15, 0.2) is 5.17 Å². The first-order valence-corrected chi connectivity index (χ1v) is 11.2. The van der Waals surface area contributed by atoms with Crippen LogP contribution in [0.2, 0.25) is 0 Å². The van der Waals surface area contributed by atoms with Gasteiger partial charge in [-0.05, 0) is 54.2 Å². The van der Waals surface area contributed by atoms with E-state index in [-0.39, 0.29) is 17.6 Å². The van der Waals surface area contributed by atoms with E-state index in [4.69, 9.17) is 5.11 Å². The van der Waals surface area contributed by atoms with Gasteiger partial charge in [0.1, 0.15) is 0 Å². The van der Waals surface area contributed by atoms with Crippen molar-refractivity contribution >= 4 is 46.3 Å². The van der Waals surface area contributed by atoms with Gasteiger partial charge in [0.2, 0.25) is 5.91 Å². The van der Waals surface area contributed by atoms with Crippen molar-refractivity contribution in [1.29, 1.82) is 0 Å². The lowest BCUT2D eigenvalue weighted by atomic mass is 9.99. The number of anilines is 2. The Kier molecular flexibility index (Phi) is 7.53. The molecule has 0 aliphatic carbocycles. The first kappa shape index (κ1) is 23.3. The molecule has 1 aliphatic heterocycles. The highest BCUT2D eigenvalue weighted by Crippen LogP contribution is 2.34. The third kappa shape index (κ3) is 5.88. The number of urea groups is 1. The highest BCUT2D eigenvalue weighted by Gasteiger charge is 2.32. The molecule has 9 heteroatoms. The molecule has 3 rings (SSSR count). The van der Waals surface area contributed by atoms with Crippen LogP contribution in [0.25, 0.3) is 0 Å². The zero-order chi connectivity index (χ0) is 23.3. The van der Waals surface area contributed by atoms with Crippen LogP contribution in [0.5, 0.6) is 0 Å². The second-order valence-electron chi connectivity index (χ2n) is 7.74. The van der Waals surface area contributed by atoms with Gasteiger partial charge in [-0.15, -0.1) is 0 Å². The van der Waals surface area contributed by atoms with Crippen molar-refractivity contribution in [2.75, 3.05) is 22.5 Å². The van der Waals surface area contributed by atoms with E-state index in [0.717, 1.165) is 22.4 Å². The predicted octanol–water partition coefficient (Wildman–Crippen LogP) is 4.60. The smallest absolute Gasteiger partial charge is 0.409 e. The van der Waals surface area contributed by atoms with Gasteiger partial charge >= 0.3 is 12.1 Å². The van der Waals surface area contributed by atoms with Crippen LogP contribution in [-0.2, 0) is 11.2 Å². The number of carbonyl (C=O) groups excluding carboxylic acids is 2. The molecule has 4 amide bonds. The van der Waals surface area contributed by atoms with Crippen molar-refractivity contribution in [1.82, 2.24) is 5.32 Å². The number of aliphatic imine (C=N–C) groups is 1. The monoisotopic (exact) mass is 454 g/mol. The summed E-state index contributed by atoms with van der Waals surface area (Å²) in [6.45, 7) is 6.46. The minimum absolute atomic E-state index is 0.0934. The number of nitrogens with one attached hydrogen (secondary N) is 2. The summed E-state index contributed by atoms with van der Waals surface area (Å²) in [5, 5.41) is 14.1. The van der Waals surface area contributed by atoms with E-state index in [1.165, 1.54) is 11.8 Å². The second-order valence-corrected chi connectivity index (χ2v) is 8.68. The highest BCUT2D eigenvalue weighted by atomic mass is 32.2. The Morgan fingerprint density at radius 2 is 1.91 bits per heavy atom. The zero-order valence-corrected chi connectivity index (χ0v) is 19.0. The van der Waals surface area contributed by atoms with E-state index >= 15 is 0 Å². The topological polar surface area (TPSA) is 111 Å². The number of hydrogen-bond donors (Lipinski definition) is 3. The largest absolute Gasteiger partial charge is 0.465 e. The molecule has 1 heterocycles. The molecule has 0 radical (unpaired) electrons. The zero-order valence-electron chi connectivity index (χ0n) is 18.2. The van der Waals surface area contributed by atoms with Crippen LogP contribution in [-0.4, -0.2) is 40.6 Å². The maximum Gasteiger partial charge on any atom is 0.409 e. The molecule has 0 saturated carbocycles. The summed E-state index contributed by atoms with van der Waals surface area (Å²) < 4.78 is 0. The normalized spacial score (nSPS) is 14.8. The lowest BCUT2D eigenvalue weighted by Crippen LogP contribution is -2.32. The minimum atomic E-state index is -1.12. The van der Waals surface area contributed by atoms with Gasteiger partial charge in [0.25, 0.3) is 0 Å². The number of rotatable bonds is 6. The average Bonchev–Trinajstić information content (AvgIpc) is 3.08. The van der Waals surface area contributed by atoms with Gasteiger partial charge in [-0.25, -0.2) is 9.59 Å². The molecule has 1 fully saturated rings. The quantitative estimate of drug-likeness (QED) is 0.591. The van der Waals surface area contributed by atoms with E-state index in [9.17, 15) is 14.4 Å². The Labute approximate surface area is 191 Å².